The zero-order chi connectivity index (χ0) is 30.6. The minimum absolute atomic E-state index is 0.0691. The van der Waals surface area contributed by atoms with Crippen LogP contribution in [0, 0.1) is 5.92 Å². The number of carbonyl (C=O) groups is 3. The Bertz CT molecular complexity index is 1710. The SMILES string of the molecule is CCNC(=O)Nc1ncnc2c1ncn2C1CC(CNC(=O)c2ccccc2C(=O)O)[C@H]2O[C@@H](C=Cc3ccccc3)OC12. The molecule has 13 nitrogen and oxygen atoms in total. The lowest BCUT2D eigenvalue weighted by atomic mass is 10.0. The molecular formula is C31H31N7O6. The summed E-state index contributed by atoms with van der Waals surface area (Å²) in [5.74, 6) is -1.55. The van der Waals surface area contributed by atoms with Crippen LogP contribution in [-0.2, 0) is 9.47 Å². The number of nitrogens with zero attached hydrogens (tertiary/aromatic N) is 4. The number of hydrogen-bond acceptors (Lipinski definition) is 8. The van der Waals surface area contributed by atoms with Crippen LogP contribution in [-0.4, -0.2) is 74.1 Å². The van der Waals surface area contributed by atoms with E-state index in [0.717, 1.165) is 5.56 Å². The number of benzene rings is 2. The molecule has 4 aromatic rings. The zero-order valence-corrected chi connectivity index (χ0v) is 23.8. The summed E-state index contributed by atoms with van der Waals surface area (Å²) in [5, 5.41) is 17.8. The predicted molar refractivity (Wildman–Crippen MR) is 160 cm³/mol. The Balaban J connectivity index is 1.26. The first-order valence-electron chi connectivity index (χ1n) is 14.3. The number of amides is 3. The molecule has 1 saturated carbocycles. The van der Waals surface area contributed by atoms with Crippen molar-refractivity contribution in [3.63, 3.8) is 0 Å². The number of carboxylic acid groups (broad SMARTS) is 1. The fraction of sp³-hybridized carbons (Fsp3) is 0.290. The van der Waals surface area contributed by atoms with Crippen molar-refractivity contribution in [3.8, 4) is 0 Å². The second-order valence-electron chi connectivity index (χ2n) is 10.5. The van der Waals surface area contributed by atoms with Crippen molar-refractivity contribution in [2.45, 2.75) is 37.9 Å². The maximum atomic E-state index is 13.1. The topological polar surface area (TPSA) is 170 Å². The highest BCUT2D eigenvalue weighted by Gasteiger charge is 2.52. The van der Waals surface area contributed by atoms with Gasteiger partial charge < -0.3 is 29.8 Å². The molecule has 2 aliphatic rings. The number of nitrogens with one attached hydrogen (secondary N) is 3. The van der Waals surface area contributed by atoms with Gasteiger partial charge in [0.05, 0.1) is 29.6 Å². The minimum atomic E-state index is -1.17. The summed E-state index contributed by atoms with van der Waals surface area (Å²) in [4.78, 5) is 50.1. The van der Waals surface area contributed by atoms with Gasteiger partial charge in [-0.25, -0.2) is 24.5 Å². The van der Waals surface area contributed by atoms with E-state index in [2.05, 4.69) is 30.9 Å². The second kappa shape index (κ2) is 12.6. The Labute approximate surface area is 252 Å². The van der Waals surface area contributed by atoms with Crippen molar-refractivity contribution in [1.82, 2.24) is 30.2 Å². The lowest BCUT2D eigenvalue weighted by Gasteiger charge is -2.20. The van der Waals surface area contributed by atoms with Gasteiger partial charge in [0.2, 0.25) is 0 Å². The Morgan fingerprint density at radius 2 is 1.73 bits per heavy atom. The van der Waals surface area contributed by atoms with E-state index in [9.17, 15) is 19.5 Å². The van der Waals surface area contributed by atoms with Gasteiger partial charge in [-0.3, -0.25) is 10.1 Å². The Kier molecular flexibility index (Phi) is 8.30. The first-order valence-corrected chi connectivity index (χ1v) is 14.3. The largest absolute Gasteiger partial charge is 0.478 e. The molecule has 0 bridgehead atoms. The van der Waals surface area contributed by atoms with E-state index in [0.29, 0.717) is 24.1 Å². The monoisotopic (exact) mass is 597 g/mol. The summed E-state index contributed by atoms with van der Waals surface area (Å²) < 4.78 is 14.7. The van der Waals surface area contributed by atoms with E-state index in [-0.39, 0.29) is 41.6 Å². The molecule has 6 rings (SSSR count). The van der Waals surface area contributed by atoms with Gasteiger partial charge in [0.1, 0.15) is 12.4 Å². The third-order valence-electron chi connectivity index (χ3n) is 7.75. The molecule has 1 aliphatic carbocycles. The van der Waals surface area contributed by atoms with Crippen molar-refractivity contribution < 1.29 is 29.0 Å². The molecule has 44 heavy (non-hydrogen) atoms. The molecule has 226 valence electrons. The summed E-state index contributed by atoms with van der Waals surface area (Å²) >= 11 is 0. The maximum absolute atomic E-state index is 13.1. The molecule has 0 radical (unpaired) electrons. The average Bonchev–Trinajstić information content (AvgIpc) is 3.74. The van der Waals surface area contributed by atoms with Gasteiger partial charge in [0, 0.05) is 19.0 Å². The van der Waals surface area contributed by atoms with Crippen molar-refractivity contribution in [1.29, 1.82) is 0 Å². The van der Waals surface area contributed by atoms with E-state index in [1.165, 1.54) is 18.5 Å². The van der Waals surface area contributed by atoms with Gasteiger partial charge in [-0.15, -0.1) is 0 Å². The van der Waals surface area contributed by atoms with Crippen LogP contribution in [0.3, 0.4) is 0 Å². The Morgan fingerprint density at radius 1 is 0.977 bits per heavy atom. The maximum Gasteiger partial charge on any atom is 0.336 e. The number of ether oxygens (including phenoxy) is 2. The van der Waals surface area contributed by atoms with Crippen LogP contribution in [0.1, 0.15) is 45.7 Å². The molecule has 0 spiro atoms. The number of aromatic nitrogens is 4. The number of rotatable bonds is 9. The van der Waals surface area contributed by atoms with Gasteiger partial charge in [-0.05, 0) is 37.1 Å². The first-order chi connectivity index (χ1) is 21.4. The lowest BCUT2D eigenvalue weighted by molar-refractivity contribution is -0.0497. The summed E-state index contributed by atoms with van der Waals surface area (Å²) in [6, 6.07) is 15.2. The van der Waals surface area contributed by atoms with Crippen LogP contribution in [0.4, 0.5) is 10.6 Å². The van der Waals surface area contributed by atoms with Crippen LogP contribution < -0.4 is 16.0 Å². The van der Waals surface area contributed by atoms with E-state index >= 15 is 0 Å². The number of urea groups is 1. The first kappa shape index (κ1) is 29.0. The molecule has 1 aliphatic heterocycles. The van der Waals surface area contributed by atoms with E-state index < -0.39 is 30.3 Å². The number of aromatic carboxylic acids is 1. The zero-order valence-electron chi connectivity index (χ0n) is 23.8. The smallest absolute Gasteiger partial charge is 0.336 e. The second-order valence-corrected chi connectivity index (χ2v) is 10.5. The number of anilines is 1. The number of carboxylic acids is 1. The molecule has 13 heteroatoms. The highest BCUT2D eigenvalue weighted by Crippen LogP contribution is 2.45. The Hall–Kier alpha value is -5.14. The lowest BCUT2D eigenvalue weighted by Crippen LogP contribution is -2.35. The molecule has 2 aromatic carbocycles. The minimum Gasteiger partial charge on any atom is -0.478 e. The number of fused-ring (bicyclic) bond motifs is 2. The van der Waals surface area contributed by atoms with Crippen molar-refractivity contribution in [3.05, 3.63) is 90.0 Å². The Morgan fingerprint density at radius 3 is 2.50 bits per heavy atom. The van der Waals surface area contributed by atoms with Crippen molar-refractivity contribution >= 4 is 41.0 Å². The molecular weight excluding hydrogens is 566 g/mol. The summed E-state index contributed by atoms with van der Waals surface area (Å²) in [5.41, 5.74) is 1.96. The molecule has 3 unspecified atom stereocenters. The molecule has 1 saturated heterocycles. The fourth-order valence-electron chi connectivity index (χ4n) is 5.77. The highest BCUT2D eigenvalue weighted by atomic mass is 16.7. The quantitative estimate of drug-likeness (QED) is 0.226. The predicted octanol–water partition coefficient (Wildman–Crippen LogP) is 3.48. The molecule has 5 atom stereocenters. The van der Waals surface area contributed by atoms with Crippen molar-refractivity contribution in [2.24, 2.45) is 5.92 Å². The number of hydrogen-bond donors (Lipinski definition) is 4. The standard InChI is InChI=1S/C31H31N7O6/c1-2-32-31(42)37-27-24-28(35-16-34-27)38(17-36-24)22-14-19(15-33-29(39)20-10-6-7-11-21(20)30(40)41)25-26(22)44-23(43-25)13-12-18-8-4-3-5-9-18/h3-13,16-17,19,22-23,25-26H,2,14-15H2,1H3,(H,33,39)(H,40,41)(H2,32,34,35,37,42)/t19?,22?,23-,25-,26?/m1/s1. The van der Waals surface area contributed by atoms with Crippen LogP contribution in [0.15, 0.2) is 73.3 Å². The highest BCUT2D eigenvalue weighted by molar-refractivity contribution is 6.04. The summed E-state index contributed by atoms with van der Waals surface area (Å²) in [7, 11) is 0. The number of carbonyl (C=O) groups excluding carboxylic acids is 2. The number of imidazole rings is 1. The van der Waals surface area contributed by atoms with E-state index in [1.807, 2.05) is 54.0 Å². The van der Waals surface area contributed by atoms with Crippen molar-refractivity contribution in [2.75, 3.05) is 18.4 Å². The molecule has 3 heterocycles. The summed E-state index contributed by atoms with van der Waals surface area (Å²) in [6.45, 7) is 2.50. The normalized spacial score (nSPS) is 22.6. The van der Waals surface area contributed by atoms with Gasteiger partial charge in [0.25, 0.3) is 5.91 Å². The van der Waals surface area contributed by atoms with Gasteiger partial charge in [0.15, 0.2) is 23.3 Å². The average molecular weight is 598 g/mol. The summed E-state index contributed by atoms with van der Waals surface area (Å²) in [6.07, 6.45) is 5.94. The molecule has 2 aromatic heterocycles. The molecule has 2 fully saturated rings. The van der Waals surface area contributed by atoms with Crippen LogP contribution >= 0.6 is 0 Å². The third kappa shape index (κ3) is 5.87. The van der Waals surface area contributed by atoms with Crippen LogP contribution in [0.2, 0.25) is 0 Å². The van der Waals surface area contributed by atoms with E-state index in [4.69, 9.17) is 9.47 Å². The van der Waals surface area contributed by atoms with Gasteiger partial charge in [-0.1, -0.05) is 48.5 Å². The van der Waals surface area contributed by atoms with Crippen LogP contribution in [0.25, 0.3) is 17.2 Å². The van der Waals surface area contributed by atoms with Gasteiger partial charge >= 0.3 is 12.0 Å². The molecule has 4 N–H and O–H groups in total. The van der Waals surface area contributed by atoms with Gasteiger partial charge in [-0.2, -0.15) is 0 Å². The molecule has 3 amide bonds. The van der Waals surface area contributed by atoms with Crippen LogP contribution in [0.5, 0.6) is 0 Å². The fourth-order valence-corrected chi connectivity index (χ4v) is 5.77. The third-order valence-corrected chi connectivity index (χ3v) is 7.75. The van der Waals surface area contributed by atoms with E-state index in [1.54, 1.807) is 18.5 Å².